The predicted octanol–water partition coefficient (Wildman–Crippen LogP) is 13.0. The van der Waals surface area contributed by atoms with Gasteiger partial charge in [0.05, 0.1) is 5.69 Å². The van der Waals surface area contributed by atoms with Gasteiger partial charge in [-0.05, 0) is 81.9 Å². The first-order chi connectivity index (χ1) is 24.3. The van der Waals surface area contributed by atoms with Gasteiger partial charge in [0.25, 0.3) is 0 Å². The molecule has 2 heterocycles. The summed E-state index contributed by atoms with van der Waals surface area (Å²) in [5, 5.41) is 10.9. The van der Waals surface area contributed by atoms with Crippen molar-refractivity contribution >= 4 is 75.8 Å². The molecule has 3 nitrogen and oxygen atoms in total. The number of nitrogens with zero attached hydrogens (tertiary/aromatic N) is 1. The van der Waals surface area contributed by atoms with Gasteiger partial charge in [0.15, 0.2) is 12.0 Å². The Labute approximate surface area is 288 Å². The van der Waals surface area contributed by atoms with Gasteiger partial charge in [0.2, 0.25) is 0 Å². The molecule has 0 radical (unpaired) electrons. The molecule has 1 aromatic heterocycles. The number of para-hydroxylation sites is 1. The number of benzene rings is 8. The highest BCUT2D eigenvalue weighted by Crippen LogP contribution is 2.47. The van der Waals surface area contributed by atoms with Crippen LogP contribution < -0.4 is 15.0 Å². The molecule has 232 valence electrons. The number of ether oxygens (including phenoxy) is 1. The molecule has 1 N–H and O–H groups in total. The second-order valence-electron chi connectivity index (χ2n) is 12.6. The first-order valence-electron chi connectivity index (χ1n) is 16.6. The molecule has 49 heavy (non-hydrogen) atoms. The van der Waals surface area contributed by atoms with E-state index in [1.807, 2.05) is 17.4 Å². The molecule has 9 aromatic rings. The van der Waals surface area contributed by atoms with Crippen molar-refractivity contribution in [1.82, 2.24) is 0 Å². The van der Waals surface area contributed by atoms with Crippen LogP contribution in [0.2, 0.25) is 0 Å². The molecule has 0 spiro atoms. The summed E-state index contributed by atoms with van der Waals surface area (Å²) in [6.45, 7) is 0. The summed E-state index contributed by atoms with van der Waals surface area (Å²) < 4.78 is 9.25. The molecule has 0 saturated heterocycles. The van der Waals surface area contributed by atoms with E-state index in [4.69, 9.17) is 4.74 Å². The molecule has 0 fully saturated rings. The minimum atomic E-state index is -0.211. The highest BCUT2D eigenvalue weighted by atomic mass is 32.1. The highest BCUT2D eigenvalue weighted by molar-refractivity contribution is 7.25. The molecule has 1 aliphatic heterocycles. The van der Waals surface area contributed by atoms with Crippen LogP contribution in [0.3, 0.4) is 0 Å². The van der Waals surface area contributed by atoms with Crippen LogP contribution in [0.4, 0.5) is 22.7 Å². The van der Waals surface area contributed by atoms with E-state index in [0.29, 0.717) is 0 Å². The molecular formula is C45H30N2OS. The Morgan fingerprint density at radius 3 is 2.08 bits per heavy atom. The summed E-state index contributed by atoms with van der Waals surface area (Å²) in [5.74, 6) is 0.910. The maximum Gasteiger partial charge on any atom is 0.196 e. The average molecular weight is 647 g/mol. The Hall–Kier alpha value is -6.10. The summed E-state index contributed by atoms with van der Waals surface area (Å²) in [5.41, 5.74) is 7.86. The fourth-order valence-electron chi connectivity index (χ4n) is 7.31. The number of hydrogen-bond acceptors (Lipinski definition) is 4. The maximum absolute atomic E-state index is 6.61. The molecule has 8 aromatic carbocycles. The first-order valence-corrected chi connectivity index (χ1v) is 17.4. The van der Waals surface area contributed by atoms with Crippen molar-refractivity contribution in [3.8, 4) is 16.9 Å². The van der Waals surface area contributed by atoms with E-state index < -0.39 is 0 Å². The van der Waals surface area contributed by atoms with Crippen LogP contribution in [0.15, 0.2) is 170 Å². The van der Waals surface area contributed by atoms with Gasteiger partial charge in [-0.1, -0.05) is 115 Å². The van der Waals surface area contributed by atoms with Crippen molar-refractivity contribution in [1.29, 1.82) is 0 Å². The second-order valence-corrected chi connectivity index (χ2v) is 13.7. The molecule has 0 saturated carbocycles. The Morgan fingerprint density at radius 1 is 0.490 bits per heavy atom. The molecule has 1 atom stereocenters. The zero-order valence-electron chi connectivity index (χ0n) is 26.5. The minimum Gasteiger partial charge on any atom is -0.464 e. The summed E-state index contributed by atoms with van der Waals surface area (Å²) in [6, 6.07) is 60.9. The zero-order chi connectivity index (χ0) is 32.3. The fourth-order valence-corrected chi connectivity index (χ4v) is 8.45. The average Bonchev–Trinajstić information content (AvgIpc) is 3.77. The molecule has 0 amide bonds. The molecule has 0 bridgehead atoms. The summed E-state index contributed by atoms with van der Waals surface area (Å²) in [6.07, 6.45) is -0.211. The number of nitrogens with one attached hydrogen (secondary N) is 1. The van der Waals surface area contributed by atoms with Gasteiger partial charge < -0.3 is 15.0 Å². The molecular weight excluding hydrogens is 617 g/mol. The van der Waals surface area contributed by atoms with E-state index in [0.717, 1.165) is 50.2 Å². The Kier molecular flexibility index (Phi) is 6.42. The molecule has 1 unspecified atom stereocenters. The second kappa shape index (κ2) is 11.3. The van der Waals surface area contributed by atoms with Crippen LogP contribution in [0.1, 0.15) is 11.8 Å². The molecule has 1 aliphatic rings. The SMILES string of the molecule is c1ccc(C2Nc3ccc4ccc5cc(N(c6ccccc6)c6cccc(-c7ccc8c(c7)sc7ccccc78)c6)ccc5c4c3O2)cc1. The Morgan fingerprint density at radius 2 is 1.18 bits per heavy atom. The van der Waals surface area contributed by atoms with Crippen LogP contribution in [0.25, 0.3) is 52.8 Å². The Bertz CT molecular complexity index is 2680. The molecule has 4 heteroatoms. The number of rotatable bonds is 5. The maximum atomic E-state index is 6.61. The van der Waals surface area contributed by atoms with Crippen LogP contribution in [-0.2, 0) is 0 Å². The number of anilines is 4. The van der Waals surface area contributed by atoms with Crippen LogP contribution in [0.5, 0.6) is 5.75 Å². The number of fused-ring (bicyclic) bond motifs is 8. The standard InChI is InChI=1S/C45H30N2OS/c1-3-10-30(11-4-1)45-46-40-25-21-29-18-19-33-27-36(22-24-37(33)43(29)44(40)48-45)47(34-13-5-2-6-14-34)35-15-9-12-31(26-35)32-20-23-39-38-16-7-8-17-41(38)49-42(39)28-32/h1-28,45-46H. The quantitative estimate of drug-likeness (QED) is 0.188. The van der Waals surface area contributed by atoms with Crippen molar-refractivity contribution in [2.45, 2.75) is 6.23 Å². The summed E-state index contributed by atoms with van der Waals surface area (Å²) >= 11 is 1.86. The lowest BCUT2D eigenvalue weighted by Crippen LogP contribution is -2.10. The third-order valence-electron chi connectivity index (χ3n) is 9.65. The Balaban J connectivity index is 1.08. The minimum absolute atomic E-state index is 0.211. The largest absolute Gasteiger partial charge is 0.464 e. The van der Waals surface area contributed by atoms with Crippen molar-refractivity contribution in [3.05, 3.63) is 175 Å². The third-order valence-corrected chi connectivity index (χ3v) is 10.8. The lowest BCUT2D eigenvalue weighted by molar-refractivity contribution is 0.263. The van der Waals surface area contributed by atoms with E-state index in [1.165, 1.54) is 36.7 Å². The van der Waals surface area contributed by atoms with Gasteiger partial charge in [0.1, 0.15) is 0 Å². The van der Waals surface area contributed by atoms with Crippen molar-refractivity contribution < 1.29 is 4.74 Å². The van der Waals surface area contributed by atoms with Gasteiger partial charge in [-0.3, -0.25) is 0 Å². The lowest BCUT2D eigenvalue weighted by atomic mass is 9.99. The van der Waals surface area contributed by atoms with Crippen molar-refractivity contribution in [2.24, 2.45) is 0 Å². The zero-order valence-corrected chi connectivity index (χ0v) is 27.3. The predicted molar refractivity (Wildman–Crippen MR) is 208 cm³/mol. The van der Waals surface area contributed by atoms with E-state index in [-0.39, 0.29) is 6.23 Å². The summed E-state index contributed by atoms with van der Waals surface area (Å²) in [4.78, 5) is 2.35. The third kappa shape index (κ3) is 4.72. The smallest absolute Gasteiger partial charge is 0.196 e. The summed E-state index contributed by atoms with van der Waals surface area (Å²) in [7, 11) is 0. The topological polar surface area (TPSA) is 24.5 Å². The van der Waals surface area contributed by atoms with Gasteiger partial charge in [-0.25, -0.2) is 0 Å². The van der Waals surface area contributed by atoms with Gasteiger partial charge in [0, 0.05) is 48.2 Å². The van der Waals surface area contributed by atoms with Crippen LogP contribution in [-0.4, -0.2) is 0 Å². The van der Waals surface area contributed by atoms with E-state index in [9.17, 15) is 0 Å². The van der Waals surface area contributed by atoms with Gasteiger partial charge in [-0.2, -0.15) is 0 Å². The van der Waals surface area contributed by atoms with Crippen molar-refractivity contribution in [2.75, 3.05) is 10.2 Å². The fraction of sp³-hybridized carbons (Fsp3) is 0.0222. The van der Waals surface area contributed by atoms with E-state index >= 15 is 0 Å². The van der Waals surface area contributed by atoms with Crippen LogP contribution >= 0.6 is 11.3 Å². The van der Waals surface area contributed by atoms with E-state index in [1.54, 1.807) is 0 Å². The number of hydrogen-bond donors (Lipinski definition) is 1. The monoisotopic (exact) mass is 646 g/mol. The van der Waals surface area contributed by atoms with Crippen molar-refractivity contribution in [3.63, 3.8) is 0 Å². The van der Waals surface area contributed by atoms with E-state index in [2.05, 4.69) is 174 Å². The van der Waals surface area contributed by atoms with Gasteiger partial charge >= 0.3 is 0 Å². The highest BCUT2D eigenvalue weighted by Gasteiger charge is 2.26. The molecule has 10 rings (SSSR count). The first kappa shape index (κ1) is 28.0. The van der Waals surface area contributed by atoms with Gasteiger partial charge in [-0.15, -0.1) is 11.3 Å². The molecule has 0 aliphatic carbocycles. The lowest BCUT2D eigenvalue weighted by Gasteiger charge is -2.26. The number of thiophene rings is 1. The normalized spacial score (nSPS) is 13.8. The van der Waals surface area contributed by atoms with Crippen LogP contribution in [0, 0.1) is 0 Å².